The second-order valence-electron chi connectivity index (χ2n) is 5.29. The van der Waals surface area contributed by atoms with Crippen molar-refractivity contribution in [3.8, 4) is 0 Å². The highest BCUT2D eigenvalue weighted by atomic mass is 32.2. The third kappa shape index (κ3) is 5.10. The van der Waals surface area contributed by atoms with Crippen LogP contribution in [0.25, 0.3) is 0 Å². The third-order valence-corrected chi connectivity index (χ3v) is 4.89. The van der Waals surface area contributed by atoms with E-state index in [0.717, 1.165) is 11.3 Å². The molecule has 0 bridgehead atoms. The molecule has 0 fully saturated rings. The lowest BCUT2D eigenvalue weighted by Gasteiger charge is -2.11. The van der Waals surface area contributed by atoms with Gasteiger partial charge in [-0.15, -0.1) is 0 Å². The Labute approximate surface area is 140 Å². The summed E-state index contributed by atoms with van der Waals surface area (Å²) >= 11 is -1.22. The van der Waals surface area contributed by atoms with Crippen LogP contribution in [0.15, 0.2) is 58.3 Å². The van der Waals surface area contributed by atoms with Crippen molar-refractivity contribution in [3.63, 3.8) is 0 Å². The SMILES string of the molecule is CCCCc1ccc([S+]([O-])c2ccc(NC(=O)CN)cc2)cc1. The van der Waals surface area contributed by atoms with Crippen molar-refractivity contribution in [1.82, 2.24) is 0 Å². The Morgan fingerprint density at radius 1 is 1.09 bits per heavy atom. The molecule has 3 N–H and O–H groups in total. The van der Waals surface area contributed by atoms with Crippen molar-refractivity contribution in [2.45, 2.75) is 36.0 Å². The van der Waals surface area contributed by atoms with Gasteiger partial charge in [-0.25, -0.2) is 0 Å². The van der Waals surface area contributed by atoms with Crippen LogP contribution in [0.2, 0.25) is 0 Å². The number of amides is 1. The number of unbranched alkanes of at least 4 members (excludes halogenated alkanes) is 1. The van der Waals surface area contributed by atoms with Gasteiger partial charge in [-0.05, 0) is 54.8 Å². The number of carbonyl (C=O) groups is 1. The van der Waals surface area contributed by atoms with Crippen LogP contribution in [0.4, 0.5) is 5.69 Å². The number of nitrogens with one attached hydrogen (secondary N) is 1. The van der Waals surface area contributed by atoms with Crippen LogP contribution in [-0.2, 0) is 22.4 Å². The fourth-order valence-corrected chi connectivity index (χ4v) is 3.21. The van der Waals surface area contributed by atoms with Crippen molar-refractivity contribution < 1.29 is 9.35 Å². The molecule has 0 aliphatic carbocycles. The summed E-state index contributed by atoms with van der Waals surface area (Å²) in [7, 11) is 0. The Hall–Kier alpha value is -1.82. The minimum absolute atomic E-state index is 0.0575. The van der Waals surface area contributed by atoms with Crippen LogP contribution in [-0.4, -0.2) is 17.0 Å². The van der Waals surface area contributed by atoms with Crippen molar-refractivity contribution >= 4 is 22.8 Å². The summed E-state index contributed by atoms with van der Waals surface area (Å²) in [5.41, 5.74) is 7.18. The molecule has 0 heterocycles. The maximum absolute atomic E-state index is 12.6. The zero-order valence-corrected chi connectivity index (χ0v) is 14.1. The molecule has 0 aromatic heterocycles. The number of nitrogens with two attached hydrogens (primary N) is 1. The molecule has 0 saturated carbocycles. The molecule has 23 heavy (non-hydrogen) atoms. The minimum atomic E-state index is -1.22. The Balaban J connectivity index is 2.04. The van der Waals surface area contributed by atoms with E-state index in [1.54, 1.807) is 24.3 Å². The molecular formula is C18H22N2O2S. The first-order valence-electron chi connectivity index (χ1n) is 7.74. The Morgan fingerprint density at radius 2 is 1.65 bits per heavy atom. The molecule has 1 atom stereocenters. The van der Waals surface area contributed by atoms with Gasteiger partial charge in [0.05, 0.1) is 6.54 Å². The summed E-state index contributed by atoms with van der Waals surface area (Å²) in [4.78, 5) is 12.7. The summed E-state index contributed by atoms with van der Waals surface area (Å²) < 4.78 is 12.6. The fraction of sp³-hybridized carbons (Fsp3) is 0.278. The summed E-state index contributed by atoms with van der Waals surface area (Å²) in [5.74, 6) is -0.249. The number of rotatable bonds is 7. The van der Waals surface area contributed by atoms with E-state index >= 15 is 0 Å². The van der Waals surface area contributed by atoms with E-state index in [2.05, 4.69) is 12.2 Å². The number of hydrogen-bond donors (Lipinski definition) is 2. The quantitative estimate of drug-likeness (QED) is 0.766. The fourth-order valence-electron chi connectivity index (χ4n) is 2.17. The number of hydrogen-bond acceptors (Lipinski definition) is 3. The largest absolute Gasteiger partial charge is 0.606 e. The molecule has 0 radical (unpaired) electrons. The molecular weight excluding hydrogens is 308 g/mol. The second-order valence-corrected chi connectivity index (χ2v) is 6.77. The summed E-state index contributed by atoms with van der Waals surface area (Å²) in [6, 6.07) is 14.9. The van der Waals surface area contributed by atoms with Crippen molar-refractivity contribution in [2.24, 2.45) is 5.73 Å². The zero-order chi connectivity index (χ0) is 16.7. The number of carbonyl (C=O) groups excluding carboxylic acids is 1. The molecule has 0 spiro atoms. The maximum Gasteiger partial charge on any atom is 0.238 e. The molecule has 2 aromatic carbocycles. The van der Waals surface area contributed by atoms with E-state index in [-0.39, 0.29) is 12.5 Å². The van der Waals surface area contributed by atoms with Crippen molar-refractivity contribution in [3.05, 3.63) is 54.1 Å². The van der Waals surface area contributed by atoms with Gasteiger partial charge in [-0.3, -0.25) is 4.79 Å². The third-order valence-electron chi connectivity index (χ3n) is 3.49. The first-order valence-corrected chi connectivity index (χ1v) is 8.89. The lowest BCUT2D eigenvalue weighted by Crippen LogP contribution is -2.21. The molecule has 5 heteroatoms. The molecule has 0 saturated heterocycles. The number of anilines is 1. The van der Waals surface area contributed by atoms with Gasteiger partial charge in [0.25, 0.3) is 0 Å². The molecule has 122 valence electrons. The van der Waals surface area contributed by atoms with Gasteiger partial charge >= 0.3 is 0 Å². The van der Waals surface area contributed by atoms with Crippen LogP contribution in [0.1, 0.15) is 25.3 Å². The predicted molar refractivity (Wildman–Crippen MR) is 93.9 cm³/mol. The predicted octanol–water partition coefficient (Wildman–Crippen LogP) is 3.09. The van der Waals surface area contributed by atoms with Crippen LogP contribution in [0.5, 0.6) is 0 Å². The molecule has 2 rings (SSSR count). The molecule has 1 amide bonds. The monoisotopic (exact) mass is 330 g/mol. The Bertz CT molecular complexity index is 626. The van der Waals surface area contributed by atoms with Gasteiger partial charge in [0.15, 0.2) is 9.79 Å². The second kappa shape index (κ2) is 8.72. The lowest BCUT2D eigenvalue weighted by molar-refractivity contribution is -0.114. The van der Waals surface area contributed by atoms with E-state index in [1.807, 2.05) is 24.3 Å². The van der Waals surface area contributed by atoms with E-state index < -0.39 is 11.2 Å². The average Bonchev–Trinajstić information content (AvgIpc) is 2.60. The molecule has 2 aromatic rings. The van der Waals surface area contributed by atoms with E-state index in [0.29, 0.717) is 10.6 Å². The van der Waals surface area contributed by atoms with E-state index in [9.17, 15) is 9.35 Å². The topological polar surface area (TPSA) is 78.2 Å². The summed E-state index contributed by atoms with van der Waals surface area (Å²) in [6.07, 6.45) is 3.39. The maximum atomic E-state index is 12.6. The molecule has 4 nitrogen and oxygen atoms in total. The molecule has 1 unspecified atom stereocenters. The highest BCUT2D eigenvalue weighted by Crippen LogP contribution is 2.23. The van der Waals surface area contributed by atoms with Crippen LogP contribution in [0.3, 0.4) is 0 Å². The van der Waals surface area contributed by atoms with Gasteiger partial charge in [-0.2, -0.15) is 0 Å². The van der Waals surface area contributed by atoms with Crippen LogP contribution >= 0.6 is 0 Å². The zero-order valence-electron chi connectivity index (χ0n) is 13.2. The number of aryl methyl sites for hydroxylation is 1. The van der Waals surface area contributed by atoms with Gasteiger partial charge in [0.2, 0.25) is 5.91 Å². The van der Waals surface area contributed by atoms with Crippen molar-refractivity contribution in [2.75, 3.05) is 11.9 Å². The van der Waals surface area contributed by atoms with Crippen LogP contribution in [0, 0.1) is 0 Å². The van der Waals surface area contributed by atoms with Gasteiger partial charge in [0, 0.05) is 16.9 Å². The normalized spacial score (nSPS) is 12.0. The lowest BCUT2D eigenvalue weighted by atomic mass is 10.1. The molecule has 0 aliphatic heterocycles. The molecule has 0 aliphatic rings. The number of benzene rings is 2. The van der Waals surface area contributed by atoms with E-state index in [1.165, 1.54) is 18.4 Å². The van der Waals surface area contributed by atoms with E-state index in [4.69, 9.17) is 5.73 Å². The van der Waals surface area contributed by atoms with Gasteiger partial charge < -0.3 is 15.6 Å². The van der Waals surface area contributed by atoms with Crippen LogP contribution < -0.4 is 11.1 Å². The average molecular weight is 330 g/mol. The first-order chi connectivity index (χ1) is 11.1. The standard InChI is InChI=1S/C18H22N2O2S/c1-2-3-4-14-5-9-16(10-6-14)23(22)17-11-7-15(8-12-17)20-18(21)13-19/h5-12H,2-4,13,19H2,1H3,(H,20,21). The van der Waals surface area contributed by atoms with Crippen molar-refractivity contribution in [1.29, 1.82) is 0 Å². The first kappa shape index (κ1) is 17.5. The summed E-state index contributed by atoms with van der Waals surface area (Å²) in [5, 5.41) is 2.66. The minimum Gasteiger partial charge on any atom is -0.606 e. The van der Waals surface area contributed by atoms with Gasteiger partial charge in [0.1, 0.15) is 0 Å². The highest BCUT2D eigenvalue weighted by molar-refractivity contribution is 7.91. The Morgan fingerprint density at radius 3 is 2.17 bits per heavy atom. The smallest absolute Gasteiger partial charge is 0.238 e. The Kier molecular flexibility index (Phi) is 6.65. The highest BCUT2D eigenvalue weighted by Gasteiger charge is 2.14. The van der Waals surface area contributed by atoms with Gasteiger partial charge in [-0.1, -0.05) is 25.5 Å². The summed E-state index contributed by atoms with van der Waals surface area (Å²) in [6.45, 7) is 2.11.